The summed E-state index contributed by atoms with van der Waals surface area (Å²) in [4.78, 5) is 16.1. The second-order valence-electron chi connectivity index (χ2n) is 5.04. The van der Waals surface area contributed by atoms with Gasteiger partial charge in [-0.3, -0.25) is 4.79 Å². The van der Waals surface area contributed by atoms with E-state index in [2.05, 4.69) is 26.2 Å². The number of hydrogen-bond acceptors (Lipinski definition) is 3. The number of amides is 1. The largest absolute Gasteiger partial charge is 0.377 e. The summed E-state index contributed by atoms with van der Waals surface area (Å²) in [6.45, 7) is 0.636. The Kier molecular flexibility index (Phi) is 3.54. The van der Waals surface area contributed by atoms with Crippen molar-refractivity contribution in [3.63, 3.8) is 0 Å². The zero-order valence-electron chi connectivity index (χ0n) is 10.2. The first-order chi connectivity index (χ1) is 9.15. The Morgan fingerprint density at radius 2 is 2.26 bits per heavy atom. The van der Waals surface area contributed by atoms with Gasteiger partial charge in [-0.15, -0.1) is 0 Å². The molecule has 0 radical (unpaired) electrons. The Balaban J connectivity index is 1.70. The Labute approximate surface area is 118 Å². The van der Waals surface area contributed by atoms with Crippen LogP contribution in [0.5, 0.6) is 0 Å². The lowest BCUT2D eigenvalue weighted by Gasteiger charge is -2.17. The number of anilines is 1. The number of nitrogens with zero attached hydrogens (tertiary/aromatic N) is 1. The molecule has 1 aromatic heterocycles. The summed E-state index contributed by atoms with van der Waals surface area (Å²) in [7, 11) is 0. The first-order valence-electron chi connectivity index (χ1n) is 6.38. The number of carbonyl (C=O) groups excluding carboxylic acids is 1. The van der Waals surface area contributed by atoms with E-state index in [1.165, 1.54) is 6.07 Å². The fourth-order valence-corrected chi connectivity index (χ4v) is 2.92. The van der Waals surface area contributed by atoms with Crippen molar-refractivity contribution in [2.75, 3.05) is 11.9 Å². The molecule has 1 aromatic rings. The van der Waals surface area contributed by atoms with E-state index in [-0.39, 0.29) is 17.9 Å². The standard InChI is InChI=1S/C13H14BrFN2O2/c14-10-5-8(15)6-16-12(10)17-13(18)9-3-4-19-11(9)7-1-2-7/h5-7,9,11H,1-4H2,(H,16,17,18)/t9-,11+/m1/s1. The van der Waals surface area contributed by atoms with Crippen LogP contribution < -0.4 is 5.32 Å². The van der Waals surface area contributed by atoms with Crippen LogP contribution in [0.1, 0.15) is 19.3 Å². The van der Waals surface area contributed by atoms with E-state index in [0.717, 1.165) is 25.5 Å². The molecular weight excluding hydrogens is 315 g/mol. The number of rotatable bonds is 3. The normalized spacial score (nSPS) is 26.4. The Bertz CT molecular complexity index is 507. The molecule has 102 valence electrons. The molecule has 1 saturated heterocycles. The minimum absolute atomic E-state index is 0.0409. The van der Waals surface area contributed by atoms with E-state index >= 15 is 0 Å². The average Bonchev–Trinajstić information content (AvgIpc) is 3.10. The molecule has 19 heavy (non-hydrogen) atoms. The zero-order valence-corrected chi connectivity index (χ0v) is 11.8. The molecule has 0 spiro atoms. The van der Waals surface area contributed by atoms with Crippen molar-refractivity contribution in [3.05, 3.63) is 22.6 Å². The first-order valence-corrected chi connectivity index (χ1v) is 7.18. The van der Waals surface area contributed by atoms with Crippen molar-refractivity contribution in [2.45, 2.75) is 25.4 Å². The third-order valence-electron chi connectivity index (χ3n) is 3.61. The highest BCUT2D eigenvalue weighted by atomic mass is 79.9. The maximum Gasteiger partial charge on any atom is 0.231 e. The van der Waals surface area contributed by atoms with Crippen LogP contribution in [0.25, 0.3) is 0 Å². The quantitative estimate of drug-likeness (QED) is 0.928. The predicted molar refractivity (Wildman–Crippen MR) is 71.1 cm³/mol. The molecule has 1 amide bonds. The van der Waals surface area contributed by atoms with E-state index in [4.69, 9.17) is 4.74 Å². The van der Waals surface area contributed by atoms with Gasteiger partial charge in [-0.1, -0.05) is 0 Å². The molecule has 4 nitrogen and oxygen atoms in total. The molecule has 0 aromatic carbocycles. The molecule has 6 heteroatoms. The Morgan fingerprint density at radius 3 is 2.95 bits per heavy atom. The van der Waals surface area contributed by atoms with Crippen LogP contribution in [0.15, 0.2) is 16.7 Å². The van der Waals surface area contributed by atoms with Gasteiger partial charge in [-0.25, -0.2) is 9.37 Å². The zero-order chi connectivity index (χ0) is 13.4. The molecule has 2 heterocycles. The van der Waals surface area contributed by atoms with Gasteiger partial charge in [0.25, 0.3) is 0 Å². The van der Waals surface area contributed by atoms with Crippen LogP contribution in [0, 0.1) is 17.7 Å². The lowest BCUT2D eigenvalue weighted by molar-refractivity contribution is -0.121. The topological polar surface area (TPSA) is 51.2 Å². The van der Waals surface area contributed by atoms with Crippen molar-refractivity contribution in [2.24, 2.45) is 11.8 Å². The predicted octanol–water partition coefficient (Wildman–Crippen LogP) is 2.74. The van der Waals surface area contributed by atoms with Crippen LogP contribution in [0.3, 0.4) is 0 Å². The van der Waals surface area contributed by atoms with E-state index in [1.54, 1.807) is 0 Å². The Hall–Kier alpha value is -1.01. The van der Waals surface area contributed by atoms with Crippen LogP contribution >= 0.6 is 15.9 Å². The smallest absolute Gasteiger partial charge is 0.231 e. The minimum atomic E-state index is -0.440. The molecule has 0 bridgehead atoms. The molecule has 2 fully saturated rings. The van der Waals surface area contributed by atoms with Crippen molar-refractivity contribution in [1.82, 2.24) is 4.98 Å². The monoisotopic (exact) mass is 328 g/mol. The molecule has 1 aliphatic carbocycles. The van der Waals surface area contributed by atoms with Crippen molar-refractivity contribution in [1.29, 1.82) is 0 Å². The molecular formula is C13H14BrFN2O2. The van der Waals surface area contributed by atoms with Gasteiger partial charge in [-0.2, -0.15) is 0 Å². The number of pyridine rings is 1. The molecule has 2 aliphatic rings. The maximum atomic E-state index is 12.9. The van der Waals surface area contributed by atoms with E-state index < -0.39 is 5.82 Å². The fourth-order valence-electron chi connectivity index (χ4n) is 2.50. The lowest BCUT2D eigenvalue weighted by atomic mass is 9.97. The van der Waals surface area contributed by atoms with Gasteiger partial charge in [0.1, 0.15) is 11.6 Å². The lowest BCUT2D eigenvalue weighted by Crippen LogP contribution is -2.31. The minimum Gasteiger partial charge on any atom is -0.377 e. The van der Waals surface area contributed by atoms with Gasteiger partial charge >= 0.3 is 0 Å². The van der Waals surface area contributed by atoms with Crippen LogP contribution in [0.4, 0.5) is 10.2 Å². The average molecular weight is 329 g/mol. The first kappa shape index (κ1) is 13.0. The molecule has 1 N–H and O–H groups in total. The summed E-state index contributed by atoms with van der Waals surface area (Å²) in [5, 5.41) is 2.75. The Morgan fingerprint density at radius 1 is 1.47 bits per heavy atom. The summed E-state index contributed by atoms with van der Waals surface area (Å²) in [6.07, 6.45) is 4.16. The number of halogens is 2. The van der Waals surface area contributed by atoms with Gasteiger partial charge < -0.3 is 10.1 Å². The number of ether oxygens (including phenoxy) is 1. The summed E-state index contributed by atoms with van der Waals surface area (Å²) < 4.78 is 19.0. The van der Waals surface area contributed by atoms with E-state index in [9.17, 15) is 9.18 Å². The van der Waals surface area contributed by atoms with Crippen molar-refractivity contribution in [3.8, 4) is 0 Å². The van der Waals surface area contributed by atoms with Crippen molar-refractivity contribution < 1.29 is 13.9 Å². The van der Waals surface area contributed by atoms with E-state index in [1.807, 2.05) is 0 Å². The second kappa shape index (κ2) is 5.17. The second-order valence-corrected chi connectivity index (χ2v) is 5.90. The molecule has 1 aliphatic heterocycles. The third kappa shape index (κ3) is 2.79. The van der Waals surface area contributed by atoms with E-state index in [0.29, 0.717) is 22.8 Å². The molecule has 2 atom stereocenters. The summed E-state index contributed by atoms with van der Waals surface area (Å²) in [5.41, 5.74) is 0. The number of nitrogens with one attached hydrogen (secondary N) is 1. The highest BCUT2D eigenvalue weighted by Gasteiger charge is 2.43. The molecule has 0 unspecified atom stereocenters. The highest BCUT2D eigenvalue weighted by Crippen LogP contribution is 2.41. The van der Waals surface area contributed by atoms with Gasteiger partial charge in [0, 0.05) is 6.61 Å². The highest BCUT2D eigenvalue weighted by molar-refractivity contribution is 9.10. The van der Waals surface area contributed by atoms with Crippen LogP contribution in [-0.4, -0.2) is 23.6 Å². The number of hydrogen-bond donors (Lipinski definition) is 1. The van der Waals surface area contributed by atoms with Crippen LogP contribution in [-0.2, 0) is 9.53 Å². The van der Waals surface area contributed by atoms with Gasteiger partial charge in [0.2, 0.25) is 5.91 Å². The van der Waals surface area contributed by atoms with Gasteiger partial charge in [0.15, 0.2) is 0 Å². The molecule has 3 rings (SSSR count). The fraction of sp³-hybridized carbons (Fsp3) is 0.538. The summed E-state index contributed by atoms with van der Waals surface area (Å²) in [5.74, 6) is 0.237. The number of carbonyl (C=O) groups is 1. The van der Waals surface area contributed by atoms with Gasteiger partial charge in [-0.05, 0) is 47.2 Å². The van der Waals surface area contributed by atoms with Crippen LogP contribution in [0.2, 0.25) is 0 Å². The van der Waals surface area contributed by atoms with Gasteiger partial charge in [0.05, 0.1) is 22.7 Å². The summed E-state index contributed by atoms with van der Waals surface area (Å²) >= 11 is 3.19. The summed E-state index contributed by atoms with van der Waals surface area (Å²) in [6, 6.07) is 1.28. The van der Waals surface area contributed by atoms with Crippen molar-refractivity contribution >= 4 is 27.7 Å². The molecule has 1 saturated carbocycles. The maximum absolute atomic E-state index is 12.9. The third-order valence-corrected chi connectivity index (χ3v) is 4.21. The SMILES string of the molecule is O=C(Nc1ncc(F)cc1Br)[C@@H]1CCO[C@H]1C1CC1. The number of aromatic nitrogens is 1.